The highest BCUT2D eigenvalue weighted by atomic mass is 15.3. The van der Waals surface area contributed by atoms with Gasteiger partial charge in [0, 0.05) is 45.3 Å². The molecule has 1 N–H and O–H groups in total. The summed E-state index contributed by atoms with van der Waals surface area (Å²) in [7, 11) is 0. The maximum atomic E-state index is 3.60. The minimum atomic E-state index is 0.537. The zero-order valence-electron chi connectivity index (χ0n) is 13.5. The van der Waals surface area contributed by atoms with Crippen molar-refractivity contribution in [1.29, 1.82) is 0 Å². The van der Waals surface area contributed by atoms with Crippen LogP contribution < -0.4 is 5.32 Å². The molecular formula is C17H33N3. The summed E-state index contributed by atoms with van der Waals surface area (Å²) >= 11 is 0. The maximum Gasteiger partial charge on any atom is 0.0113 e. The van der Waals surface area contributed by atoms with E-state index in [0.29, 0.717) is 5.41 Å². The largest absolute Gasteiger partial charge is 0.316 e. The lowest BCUT2D eigenvalue weighted by Crippen LogP contribution is -2.53. The molecule has 1 aliphatic carbocycles. The fourth-order valence-electron chi connectivity index (χ4n) is 4.57. The quantitative estimate of drug-likeness (QED) is 0.851. The third-order valence-corrected chi connectivity index (χ3v) is 6.29. The summed E-state index contributed by atoms with van der Waals surface area (Å²) in [5, 5.41) is 3.60. The van der Waals surface area contributed by atoms with Gasteiger partial charge in [-0.1, -0.05) is 26.7 Å². The molecule has 3 aliphatic rings. The fourth-order valence-corrected chi connectivity index (χ4v) is 4.57. The molecule has 0 aromatic heterocycles. The Morgan fingerprint density at radius 1 is 1.10 bits per heavy atom. The second-order valence-electron chi connectivity index (χ2n) is 7.69. The van der Waals surface area contributed by atoms with E-state index in [1.54, 1.807) is 0 Å². The van der Waals surface area contributed by atoms with Gasteiger partial charge < -0.3 is 10.2 Å². The summed E-state index contributed by atoms with van der Waals surface area (Å²) in [6.45, 7) is 13.8. The molecule has 2 heterocycles. The van der Waals surface area contributed by atoms with Crippen LogP contribution in [0.5, 0.6) is 0 Å². The second-order valence-corrected chi connectivity index (χ2v) is 7.69. The van der Waals surface area contributed by atoms with Crippen molar-refractivity contribution in [2.24, 2.45) is 11.3 Å². The summed E-state index contributed by atoms with van der Waals surface area (Å²) in [4.78, 5) is 5.52. The molecule has 0 bridgehead atoms. The minimum Gasteiger partial charge on any atom is -0.316 e. The number of piperazine rings is 1. The Labute approximate surface area is 125 Å². The van der Waals surface area contributed by atoms with Gasteiger partial charge >= 0.3 is 0 Å². The van der Waals surface area contributed by atoms with Crippen molar-refractivity contribution in [2.75, 3.05) is 45.8 Å². The van der Waals surface area contributed by atoms with Gasteiger partial charge in [-0.3, -0.25) is 4.90 Å². The first-order valence-electron chi connectivity index (χ1n) is 8.87. The van der Waals surface area contributed by atoms with E-state index in [1.807, 2.05) is 0 Å². The smallest absolute Gasteiger partial charge is 0.0113 e. The van der Waals surface area contributed by atoms with E-state index in [4.69, 9.17) is 0 Å². The molecule has 3 rings (SSSR count). The molecule has 1 unspecified atom stereocenters. The van der Waals surface area contributed by atoms with Crippen molar-refractivity contribution in [3.63, 3.8) is 0 Å². The molecule has 0 aromatic carbocycles. The molecule has 20 heavy (non-hydrogen) atoms. The van der Waals surface area contributed by atoms with Crippen LogP contribution in [-0.4, -0.2) is 61.7 Å². The van der Waals surface area contributed by atoms with E-state index < -0.39 is 0 Å². The van der Waals surface area contributed by atoms with Crippen LogP contribution in [-0.2, 0) is 0 Å². The second kappa shape index (κ2) is 6.33. The van der Waals surface area contributed by atoms with Crippen LogP contribution in [0.2, 0.25) is 0 Å². The molecule has 1 saturated carbocycles. The molecule has 3 nitrogen and oxygen atoms in total. The van der Waals surface area contributed by atoms with Crippen LogP contribution in [0, 0.1) is 11.3 Å². The van der Waals surface area contributed by atoms with Gasteiger partial charge in [0.2, 0.25) is 0 Å². The summed E-state index contributed by atoms with van der Waals surface area (Å²) in [5.74, 6) is 0.797. The van der Waals surface area contributed by atoms with Crippen LogP contribution in [0.3, 0.4) is 0 Å². The van der Waals surface area contributed by atoms with Gasteiger partial charge in [0.05, 0.1) is 0 Å². The number of nitrogens with one attached hydrogen (secondary N) is 1. The van der Waals surface area contributed by atoms with Crippen LogP contribution in [0.4, 0.5) is 0 Å². The van der Waals surface area contributed by atoms with Gasteiger partial charge in [0.15, 0.2) is 0 Å². The number of hydrogen-bond acceptors (Lipinski definition) is 3. The maximum absolute atomic E-state index is 3.60. The lowest BCUT2D eigenvalue weighted by Gasteiger charge is -2.43. The Hall–Kier alpha value is -0.120. The summed E-state index contributed by atoms with van der Waals surface area (Å²) in [6, 6.07) is 0.921. The Morgan fingerprint density at radius 3 is 2.35 bits per heavy atom. The van der Waals surface area contributed by atoms with Crippen LogP contribution in [0.15, 0.2) is 0 Å². The first kappa shape index (κ1) is 14.8. The molecule has 2 aliphatic heterocycles. The van der Waals surface area contributed by atoms with Crippen molar-refractivity contribution < 1.29 is 0 Å². The van der Waals surface area contributed by atoms with Gasteiger partial charge in [-0.25, -0.2) is 0 Å². The summed E-state index contributed by atoms with van der Waals surface area (Å²) < 4.78 is 0. The van der Waals surface area contributed by atoms with Gasteiger partial charge in [-0.2, -0.15) is 0 Å². The topological polar surface area (TPSA) is 18.5 Å². The standard InChI is InChI=1S/C17H33N3/c1-15(2)17(7-8-18-13-17)14-19-9-11-20(12-10-19)16-5-3-4-6-16/h15-16,18H,3-14H2,1-2H3. The lowest BCUT2D eigenvalue weighted by atomic mass is 9.76. The van der Waals surface area contributed by atoms with Gasteiger partial charge in [0.25, 0.3) is 0 Å². The highest BCUT2D eigenvalue weighted by Gasteiger charge is 2.39. The first-order chi connectivity index (χ1) is 9.70. The summed E-state index contributed by atoms with van der Waals surface area (Å²) in [5.41, 5.74) is 0.537. The molecule has 116 valence electrons. The molecule has 3 fully saturated rings. The number of rotatable bonds is 4. The molecule has 1 atom stereocenters. The van der Waals surface area contributed by atoms with Crippen LogP contribution in [0.25, 0.3) is 0 Å². The highest BCUT2D eigenvalue weighted by Crippen LogP contribution is 2.35. The average Bonchev–Trinajstić information content (AvgIpc) is 3.11. The monoisotopic (exact) mass is 279 g/mol. The van der Waals surface area contributed by atoms with Gasteiger partial charge in [0.1, 0.15) is 0 Å². The van der Waals surface area contributed by atoms with E-state index in [2.05, 4.69) is 29.0 Å². The molecule has 0 radical (unpaired) electrons. The normalized spacial score (nSPS) is 34.4. The first-order valence-corrected chi connectivity index (χ1v) is 8.87. The van der Waals surface area contributed by atoms with Gasteiger partial charge in [-0.15, -0.1) is 0 Å². The van der Waals surface area contributed by atoms with Crippen molar-refractivity contribution in [1.82, 2.24) is 15.1 Å². The number of hydrogen-bond donors (Lipinski definition) is 1. The number of nitrogens with zero attached hydrogens (tertiary/aromatic N) is 2. The van der Waals surface area contributed by atoms with E-state index in [1.165, 1.54) is 77.9 Å². The molecule has 0 aromatic rings. The zero-order valence-corrected chi connectivity index (χ0v) is 13.5. The average molecular weight is 279 g/mol. The Bertz CT molecular complexity index is 295. The highest BCUT2D eigenvalue weighted by molar-refractivity contribution is 4.94. The summed E-state index contributed by atoms with van der Waals surface area (Å²) in [6.07, 6.45) is 7.22. The SMILES string of the molecule is CC(C)C1(CN2CCN(C3CCCC3)CC2)CCNC1. The van der Waals surface area contributed by atoms with Crippen LogP contribution >= 0.6 is 0 Å². The molecule has 0 spiro atoms. The predicted molar refractivity (Wildman–Crippen MR) is 85.0 cm³/mol. The third-order valence-electron chi connectivity index (χ3n) is 6.29. The Morgan fingerprint density at radius 2 is 1.80 bits per heavy atom. The van der Waals surface area contributed by atoms with E-state index >= 15 is 0 Å². The van der Waals surface area contributed by atoms with E-state index in [-0.39, 0.29) is 0 Å². The molecular weight excluding hydrogens is 246 g/mol. The third kappa shape index (κ3) is 3.05. The predicted octanol–water partition coefficient (Wildman–Crippen LogP) is 2.18. The van der Waals surface area contributed by atoms with Crippen molar-refractivity contribution >= 4 is 0 Å². The lowest BCUT2D eigenvalue weighted by molar-refractivity contribution is 0.0531. The van der Waals surface area contributed by atoms with E-state index in [9.17, 15) is 0 Å². The van der Waals surface area contributed by atoms with Crippen molar-refractivity contribution in [3.8, 4) is 0 Å². The van der Waals surface area contributed by atoms with Crippen molar-refractivity contribution in [3.05, 3.63) is 0 Å². The molecule has 3 heteroatoms. The fraction of sp³-hybridized carbons (Fsp3) is 1.00. The molecule has 2 saturated heterocycles. The minimum absolute atomic E-state index is 0.537. The Kier molecular flexibility index (Phi) is 4.68. The Balaban J connectivity index is 1.50. The van der Waals surface area contributed by atoms with Gasteiger partial charge in [-0.05, 0) is 37.1 Å². The zero-order chi connectivity index (χ0) is 14.0. The van der Waals surface area contributed by atoms with E-state index in [0.717, 1.165) is 12.0 Å². The molecule has 0 amide bonds. The van der Waals surface area contributed by atoms with Crippen LogP contribution in [0.1, 0.15) is 46.0 Å². The van der Waals surface area contributed by atoms with Crippen molar-refractivity contribution in [2.45, 2.75) is 52.0 Å².